The number of ether oxygens (including phenoxy) is 2. The van der Waals surface area contributed by atoms with Gasteiger partial charge in [0.25, 0.3) is 5.91 Å². The fraction of sp³-hybridized carbons (Fsp3) is 0.409. The van der Waals surface area contributed by atoms with Crippen molar-refractivity contribution in [1.82, 2.24) is 4.90 Å². The van der Waals surface area contributed by atoms with Gasteiger partial charge in [-0.15, -0.1) is 0 Å². The van der Waals surface area contributed by atoms with Crippen LogP contribution in [0, 0.1) is 0 Å². The second-order valence-corrected chi connectivity index (χ2v) is 9.67. The summed E-state index contributed by atoms with van der Waals surface area (Å²) in [7, 11) is -1.88. The minimum absolute atomic E-state index is 0.0151. The van der Waals surface area contributed by atoms with Gasteiger partial charge in [-0.1, -0.05) is 24.3 Å². The molecule has 0 bridgehead atoms. The van der Waals surface area contributed by atoms with E-state index in [1.807, 2.05) is 24.3 Å². The van der Waals surface area contributed by atoms with E-state index >= 15 is 0 Å². The summed E-state index contributed by atoms with van der Waals surface area (Å²) in [5.41, 5.74) is 1.48. The molecule has 0 aromatic heterocycles. The molecule has 0 radical (unpaired) electrons. The van der Waals surface area contributed by atoms with Gasteiger partial charge in [-0.2, -0.15) is 0 Å². The van der Waals surface area contributed by atoms with Crippen molar-refractivity contribution in [2.75, 3.05) is 54.8 Å². The predicted octanol–water partition coefficient (Wildman–Crippen LogP) is 1.96. The van der Waals surface area contributed by atoms with Crippen LogP contribution in [0.5, 0.6) is 11.5 Å². The van der Waals surface area contributed by atoms with Gasteiger partial charge >= 0.3 is 0 Å². The van der Waals surface area contributed by atoms with Crippen LogP contribution in [0.15, 0.2) is 48.5 Å². The Labute approximate surface area is 183 Å². The maximum absolute atomic E-state index is 13.2. The molecule has 2 aliphatic rings. The molecule has 0 N–H and O–H groups in total. The zero-order valence-electron chi connectivity index (χ0n) is 17.7. The molecule has 8 nitrogen and oxygen atoms in total. The first-order chi connectivity index (χ1) is 14.9. The molecule has 166 valence electrons. The summed E-state index contributed by atoms with van der Waals surface area (Å²) in [4.78, 5) is 17.2. The molecule has 2 aromatic rings. The number of sulfonamides is 1. The summed E-state index contributed by atoms with van der Waals surface area (Å²) < 4.78 is 38.0. The number of piperazine rings is 1. The number of carbonyl (C=O) groups excluding carboxylic acids is 1. The lowest BCUT2D eigenvalue weighted by Crippen LogP contribution is -2.56. The van der Waals surface area contributed by atoms with E-state index in [0.717, 1.165) is 11.4 Å². The third-order valence-electron chi connectivity index (χ3n) is 5.73. The lowest BCUT2D eigenvalue weighted by atomic mass is 10.2. The summed E-state index contributed by atoms with van der Waals surface area (Å²) in [5, 5.41) is 0. The zero-order chi connectivity index (χ0) is 22.0. The van der Waals surface area contributed by atoms with Gasteiger partial charge in [0, 0.05) is 26.2 Å². The first kappa shape index (κ1) is 21.3. The van der Waals surface area contributed by atoms with Crippen LogP contribution in [0.3, 0.4) is 0 Å². The van der Waals surface area contributed by atoms with Crippen molar-refractivity contribution in [2.45, 2.75) is 13.0 Å². The van der Waals surface area contributed by atoms with Crippen molar-refractivity contribution < 1.29 is 22.7 Å². The third-order valence-corrected chi connectivity index (χ3v) is 7.47. The van der Waals surface area contributed by atoms with Gasteiger partial charge in [0.15, 0.2) is 6.10 Å². The van der Waals surface area contributed by atoms with Gasteiger partial charge in [-0.05, 0) is 31.2 Å². The van der Waals surface area contributed by atoms with E-state index in [2.05, 4.69) is 4.90 Å². The Kier molecular flexibility index (Phi) is 5.95. The number of para-hydroxylation sites is 4. The fourth-order valence-corrected chi connectivity index (χ4v) is 5.14. The molecule has 0 saturated carbocycles. The Balaban J connectivity index is 1.48. The van der Waals surface area contributed by atoms with Crippen LogP contribution in [0.4, 0.5) is 11.4 Å². The van der Waals surface area contributed by atoms with Crippen molar-refractivity contribution in [3.8, 4) is 11.5 Å². The number of nitrogens with zero attached hydrogens (tertiary/aromatic N) is 3. The predicted molar refractivity (Wildman–Crippen MR) is 119 cm³/mol. The molecule has 1 amide bonds. The number of anilines is 2. The largest absolute Gasteiger partial charge is 0.495 e. The molecule has 1 saturated heterocycles. The fourth-order valence-electron chi connectivity index (χ4n) is 4.01. The van der Waals surface area contributed by atoms with E-state index in [1.54, 1.807) is 43.2 Å². The van der Waals surface area contributed by atoms with Crippen molar-refractivity contribution in [1.29, 1.82) is 0 Å². The number of methoxy groups -OCH3 is 1. The highest BCUT2D eigenvalue weighted by atomic mass is 32.2. The van der Waals surface area contributed by atoms with Crippen molar-refractivity contribution in [3.05, 3.63) is 48.5 Å². The summed E-state index contributed by atoms with van der Waals surface area (Å²) in [6.07, 6.45) is -0.867. The molecule has 2 aromatic carbocycles. The average molecular weight is 446 g/mol. The van der Waals surface area contributed by atoms with Crippen LogP contribution in [0.2, 0.25) is 0 Å². The highest BCUT2D eigenvalue weighted by Gasteiger charge is 2.38. The Morgan fingerprint density at radius 3 is 2.35 bits per heavy atom. The number of hydrogen-bond donors (Lipinski definition) is 0. The first-order valence-electron chi connectivity index (χ1n) is 10.4. The molecule has 0 spiro atoms. The number of hydrogen-bond acceptors (Lipinski definition) is 6. The quantitative estimate of drug-likeness (QED) is 0.700. The Morgan fingerprint density at radius 1 is 1.03 bits per heavy atom. The first-order valence-corrected chi connectivity index (χ1v) is 12.0. The lowest BCUT2D eigenvalue weighted by molar-refractivity contribution is -0.138. The van der Waals surface area contributed by atoms with Crippen LogP contribution in [-0.4, -0.2) is 70.9 Å². The zero-order valence-corrected chi connectivity index (χ0v) is 18.5. The number of benzene rings is 2. The van der Waals surface area contributed by atoms with Crippen molar-refractivity contribution >= 4 is 27.3 Å². The molecule has 1 fully saturated rings. The minimum Gasteiger partial charge on any atom is -0.495 e. The minimum atomic E-state index is -3.52. The number of rotatable bonds is 5. The summed E-state index contributed by atoms with van der Waals surface area (Å²) in [6, 6.07) is 14.8. The van der Waals surface area contributed by atoms with E-state index in [-0.39, 0.29) is 18.2 Å². The van der Waals surface area contributed by atoms with Crippen molar-refractivity contribution in [2.24, 2.45) is 0 Å². The summed E-state index contributed by atoms with van der Waals surface area (Å²) in [5.74, 6) is 0.983. The second-order valence-electron chi connectivity index (χ2n) is 7.49. The second kappa shape index (κ2) is 8.66. The van der Waals surface area contributed by atoms with E-state index in [9.17, 15) is 13.2 Å². The molecule has 0 unspecified atom stereocenters. The SMILES string of the molecule is CCS(=O)(=O)N1C[C@@H](C(=O)N2CCN(c3ccccc3OC)CC2)Oc2ccccc21. The summed E-state index contributed by atoms with van der Waals surface area (Å²) >= 11 is 0. The van der Waals surface area contributed by atoms with Crippen LogP contribution in [0.25, 0.3) is 0 Å². The van der Waals surface area contributed by atoms with Gasteiger partial charge in [0.2, 0.25) is 10.0 Å². The van der Waals surface area contributed by atoms with Crippen LogP contribution in [-0.2, 0) is 14.8 Å². The molecular formula is C22H27N3O5S. The van der Waals surface area contributed by atoms with E-state index in [0.29, 0.717) is 37.6 Å². The van der Waals surface area contributed by atoms with Gasteiger partial charge < -0.3 is 19.3 Å². The lowest BCUT2D eigenvalue weighted by Gasteiger charge is -2.40. The monoisotopic (exact) mass is 445 g/mol. The molecule has 1 atom stereocenters. The Morgan fingerprint density at radius 2 is 1.68 bits per heavy atom. The van der Waals surface area contributed by atoms with Crippen LogP contribution in [0.1, 0.15) is 6.92 Å². The normalized spacial score (nSPS) is 18.9. The number of fused-ring (bicyclic) bond motifs is 1. The van der Waals surface area contributed by atoms with E-state index in [1.165, 1.54) is 4.31 Å². The van der Waals surface area contributed by atoms with Gasteiger partial charge in [-0.3, -0.25) is 9.10 Å². The highest BCUT2D eigenvalue weighted by molar-refractivity contribution is 7.92. The van der Waals surface area contributed by atoms with Gasteiger partial charge in [0.1, 0.15) is 11.5 Å². The van der Waals surface area contributed by atoms with Gasteiger partial charge in [0.05, 0.1) is 30.8 Å². The maximum Gasteiger partial charge on any atom is 0.265 e. The van der Waals surface area contributed by atoms with Crippen LogP contribution < -0.4 is 18.7 Å². The molecule has 2 heterocycles. The molecular weight excluding hydrogens is 418 g/mol. The topological polar surface area (TPSA) is 79.4 Å². The molecule has 31 heavy (non-hydrogen) atoms. The van der Waals surface area contributed by atoms with Crippen LogP contribution >= 0.6 is 0 Å². The molecule has 2 aliphatic heterocycles. The Bertz CT molecular complexity index is 1050. The average Bonchev–Trinajstić information content (AvgIpc) is 2.82. The highest BCUT2D eigenvalue weighted by Crippen LogP contribution is 2.35. The molecule has 4 rings (SSSR count). The molecule has 9 heteroatoms. The Hall–Kier alpha value is -2.94. The smallest absolute Gasteiger partial charge is 0.265 e. The standard InChI is InChI=1S/C22H27N3O5S/c1-3-31(27,28)25-16-21(30-20-11-7-5-9-18(20)25)22(26)24-14-12-23(13-15-24)17-8-4-6-10-19(17)29-2/h4-11,21H,3,12-16H2,1-2H3/t21-/m0/s1. The van der Waals surface area contributed by atoms with Gasteiger partial charge in [-0.25, -0.2) is 8.42 Å². The molecule has 0 aliphatic carbocycles. The summed E-state index contributed by atoms with van der Waals surface area (Å²) in [6.45, 7) is 3.96. The number of amides is 1. The van der Waals surface area contributed by atoms with E-state index < -0.39 is 16.1 Å². The maximum atomic E-state index is 13.2. The van der Waals surface area contributed by atoms with E-state index in [4.69, 9.17) is 9.47 Å². The van der Waals surface area contributed by atoms with Crippen molar-refractivity contribution in [3.63, 3.8) is 0 Å². The number of carbonyl (C=O) groups is 1. The third kappa shape index (κ3) is 4.14.